The molecule has 0 saturated carbocycles. The highest BCUT2D eigenvalue weighted by Crippen LogP contribution is 2.25. The molecule has 1 heterocycles. The number of rotatable bonds is 3. The molecule has 0 spiro atoms. The fourth-order valence-electron chi connectivity index (χ4n) is 3.99. The first kappa shape index (κ1) is 19.0. The zero-order chi connectivity index (χ0) is 21.5. The molecular formula is C26H22N4O. The van der Waals surface area contributed by atoms with E-state index in [-0.39, 0.29) is 5.91 Å². The van der Waals surface area contributed by atoms with Gasteiger partial charge in [0.15, 0.2) is 0 Å². The van der Waals surface area contributed by atoms with Crippen LogP contribution in [-0.2, 0) is 0 Å². The lowest BCUT2D eigenvalue weighted by molar-refractivity contribution is 0.102. The maximum atomic E-state index is 12.8. The summed E-state index contributed by atoms with van der Waals surface area (Å²) in [6.45, 7) is 5.95. The van der Waals surface area contributed by atoms with Crippen LogP contribution in [-0.4, -0.2) is 20.9 Å². The van der Waals surface area contributed by atoms with Crippen LogP contribution in [0.5, 0.6) is 0 Å². The van der Waals surface area contributed by atoms with Gasteiger partial charge in [0.1, 0.15) is 11.0 Å². The molecule has 5 nitrogen and oxygen atoms in total. The van der Waals surface area contributed by atoms with Gasteiger partial charge in [-0.1, -0.05) is 53.6 Å². The summed E-state index contributed by atoms with van der Waals surface area (Å²) in [7, 11) is 0. The van der Waals surface area contributed by atoms with Gasteiger partial charge in [0, 0.05) is 16.6 Å². The number of hydrogen-bond acceptors (Lipinski definition) is 3. The molecule has 1 amide bonds. The van der Waals surface area contributed by atoms with E-state index < -0.39 is 0 Å². The van der Waals surface area contributed by atoms with Gasteiger partial charge in [0.2, 0.25) is 0 Å². The van der Waals surface area contributed by atoms with Gasteiger partial charge in [-0.2, -0.15) is 0 Å². The lowest BCUT2D eigenvalue weighted by Crippen LogP contribution is -2.13. The fourth-order valence-corrected chi connectivity index (χ4v) is 3.99. The molecule has 0 aliphatic heterocycles. The normalized spacial score (nSPS) is 11.2. The zero-order valence-corrected chi connectivity index (χ0v) is 17.7. The number of hydrogen-bond donors (Lipinski definition) is 1. The molecule has 0 atom stereocenters. The molecule has 5 rings (SSSR count). The Bertz CT molecular complexity index is 1440. The largest absolute Gasteiger partial charge is 0.322 e. The third-order valence-electron chi connectivity index (χ3n) is 5.44. The SMILES string of the molecule is Cc1cc(C)cc(C(=O)Nc2cc3nn(-c4cccc5ccccc45)nc3cc2C)c1. The van der Waals surface area contributed by atoms with Crippen LogP contribution >= 0.6 is 0 Å². The number of amides is 1. The van der Waals surface area contributed by atoms with Crippen LogP contribution in [0.4, 0.5) is 5.69 Å². The van der Waals surface area contributed by atoms with Crippen LogP contribution in [0.3, 0.4) is 0 Å². The van der Waals surface area contributed by atoms with Crippen molar-refractivity contribution in [3.8, 4) is 5.69 Å². The minimum absolute atomic E-state index is 0.129. The number of carbonyl (C=O) groups excluding carboxylic acids is 1. The van der Waals surface area contributed by atoms with Crippen molar-refractivity contribution < 1.29 is 4.79 Å². The number of aryl methyl sites for hydroxylation is 3. The molecule has 0 saturated heterocycles. The molecule has 0 fully saturated rings. The van der Waals surface area contributed by atoms with Crippen LogP contribution in [0.25, 0.3) is 27.5 Å². The summed E-state index contributed by atoms with van der Waals surface area (Å²) in [6.07, 6.45) is 0. The molecule has 1 aromatic heterocycles. The van der Waals surface area contributed by atoms with Crippen molar-refractivity contribution in [3.63, 3.8) is 0 Å². The zero-order valence-electron chi connectivity index (χ0n) is 17.7. The number of nitrogens with zero attached hydrogens (tertiary/aromatic N) is 3. The first-order valence-corrected chi connectivity index (χ1v) is 10.2. The number of anilines is 1. The van der Waals surface area contributed by atoms with E-state index in [4.69, 9.17) is 5.10 Å². The Kier molecular flexibility index (Phi) is 4.51. The minimum atomic E-state index is -0.129. The van der Waals surface area contributed by atoms with Crippen LogP contribution in [0.15, 0.2) is 72.8 Å². The summed E-state index contributed by atoms with van der Waals surface area (Å²) in [5.74, 6) is -0.129. The summed E-state index contributed by atoms with van der Waals surface area (Å²) < 4.78 is 0. The predicted octanol–water partition coefficient (Wildman–Crippen LogP) is 5.75. The highest BCUT2D eigenvalue weighted by molar-refractivity contribution is 6.05. The van der Waals surface area contributed by atoms with E-state index in [9.17, 15) is 4.79 Å². The van der Waals surface area contributed by atoms with Gasteiger partial charge in [0.05, 0.1) is 5.69 Å². The second-order valence-electron chi connectivity index (χ2n) is 7.97. The van der Waals surface area contributed by atoms with E-state index in [2.05, 4.69) is 34.7 Å². The molecule has 0 bridgehead atoms. The van der Waals surface area contributed by atoms with E-state index in [1.165, 1.54) is 0 Å². The average molecular weight is 406 g/mol. The molecule has 0 radical (unpaired) electrons. The van der Waals surface area contributed by atoms with Gasteiger partial charge in [0.25, 0.3) is 5.91 Å². The molecule has 4 aromatic carbocycles. The summed E-state index contributed by atoms with van der Waals surface area (Å²) >= 11 is 0. The van der Waals surface area contributed by atoms with Crippen molar-refractivity contribution in [3.05, 3.63) is 95.1 Å². The van der Waals surface area contributed by atoms with Crippen LogP contribution in [0.2, 0.25) is 0 Å². The summed E-state index contributed by atoms with van der Waals surface area (Å²) in [5.41, 5.74) is 6.90. The standard InChI is InChI=1S/C26H22N4O/c1-16-11-17(2)13-20(12-16)26(31)27-22-15-24-23(14-18(22)3)28-30(29-24)25-10-6-8-19-7-4-5-9-21(19)25/h4-15H,1-3H3,(H,27,31). The van der Waals surface area contributed by atoms with Crippen molar-refractivity contribution in [1.29, 1.82) is 0 Å². The second kappa shape index (κ2) is 7.36. The third-order valence-corrected chi connectivity index (χ3v) is 5.44. The van der Waals surface area contributed by atoms with Crippen molar-refractivity contribution in [1.82, 2.24) is 15.0 Å². The van der Waals surface area contributed by atoms with Gasteiger partial charge in [-0.3, -0.25) is 4.79 Å². The van der Waals surface area contributed by atoms with Crippen molar-refractivity contribution >= 4 is 33.4 Å². The highest BCUT2D eigenvalue weighted by atomic mass is 16.1. The molecule has 5 aromatic rings. The predicted molar refractivity (Wildman–Crippen MR) is 125 cm³/mol. The molecule has 31 heavy (non-hydrogen) atoms. The van der Waals surface area contributed by atoms with Crippen molar-refractivity contribution in [2.45, 2.75) is 20.8 Å². The topological polar surface area (TPSA) is 59.8 Å². The number of aromatic nitrogens is 3. The van der Waals surface area contributed by atoms with Crippen molar-refractivity contribution in [2.75, 3.05) is 5.32 Å². The Morgan fingerprint density at radius 2 is 1.48 bits per heavy atom. The molecule has 152 valence electrons. The van der Waals surface area contributed by atoms with E-state index >= 15 is 0 Å². The Hall–Kier alpha value is -3.99. The average Bonchev–Trinajstić information content (AvgIpc) is 3.15. The Morgan fingerprint density at radius 1 is 0.806 bits per heavy atom. The number of nitrogens with one attached hydrogen (secondary N) is 1. The molecule has 0 aliphatic carbocycles. The van der Waals surface area contributed by atoms with Crippen LogP contribution < -0.4 is 5.32 Å². The van der Waals surface area contributed by atoms with E-state index in [1.807, 2.05) is 69.3 Å². The van der Waals surface area contributed by atoms with Gasteiger partial charge in [-0.15, -0.1) is 15.0 Å². The second-order valence-corrected chi connectivity index (χ2v) is 7.97. The maximum Gasteiger partial charge on any atom is 0.255 e. The van der Waals surface area contributed by atoms with E-state index in [0.717, 1.165) is 49.9 Å². The van der Waals surface area contributed by atoms with Gasteiger partial charge in [-0.25, -0.2) is 0 Å². The molecular weight excluding hydrogens is 384 g/mol. The third kappa shape index (κ3) is 3.55. The van der Waals surface area contributed by atoms with E-state index in [1.54, 1.807) is 4.80 Å². The van der Waals surface area contributed by atoms with Crippen LogP contribution in [0.1, 0.15) is 27.0 Å². The summed E-state index contributed by atoms with van der Waals surface area (Å²) in [6, 6.07) is 24.0. The molecule has 1 N–H and O–H groups in total. The lowest BCUT2D eigenvalue weighted by Gasteiger charge is -2.09. The first-order valence-electron chi connectivity index (χ1n) is 10.2. The monoisotopic (exact) mass is 406 g/mol. The minimum Gasteiger partial charge on any atom is -0.322 e. The van der Waals surface area contributed by atoms with Gasteiger partial charge >= 0.3 is 0 Å². The Labute approximate surface area is 180 Å². The molecule has 0 unspecified atom stereocenters. The Balaban J connectivity index is 1.53. The fraction of sp³-hybridized carbons (Fsp3) is 0.115. The highest BCUT2D eigenvalue weighted by Gasteiger charge is 2.13. The van der Waals surface area contributed by atoms with Gasteiger partial charge < -0.3 is 5.32 Å². The smallest absolute Gasteiger partial charge is 0.255 e. The molecule has 5 heteroatoms. The molecule has 0 aliphatic rings. The number of fused-ring (bicyclic) bond motifs is 2. The van der Waals surface area contributed by atoms with Crippen molar-refractivity contribution in [2.24, 2.45) is 0 Å². The quantitative estimate of drug-likeness (QED) is 0.415. The Morgan fingerprint density at radius 3 is 2.26 bits per heavy atom. The maximum absolute atomic E-state index is 12.8. The summed E-state index contributed by atoms with van der Waals surface area (Å²) in [5, 5.41) is 14.6. The van der Waals surface area contributed by atoms with Gasteiger partial charge in [-0.05, 0) is 62.1 Å². The van der Waals surface area contributed by atoms with Crippen LogP contribution in [0, 0.1) is 20.8 Å². The lowest BCUT2D eigenvalue weighted by atomic mass is 10.1. The number of benzene rings is 4. The first-order chi connectivity index (χ1) is 15.0. The summed E-state index contributed by atoms with van der Waals surface area (Å²) in [4.78, 5) is 14.5. The number of carbonyl (C=O) groups is 1. The van der Waals surface area contributed by atoms with E-state index in [0.29, 0.717) is 5.56 Å².